The lowest BCUT2D eigenvalue weighted by molar-refractivity contribution is 0.426. The summed E-state index contributed by atoms with van der Waals surface area (Å²) in [5, 5.41) is 44.4. The minimum Gasteiger partial charge on any atom is -0.423 e. The van der Waals surface area contributed by atoms with Crippen molar-refractivity contribution in [2.75, 3.05) is 0 Å². The first kappa shape index (κ1) is 56.3. The van der Waals surface area contributed by atoms with Gasteiger partial charge in [-0.05, 0) is 193 Å². The largest absolute Gasteiger partial charge is 0.489 e. The minimum atomic E-state index is -1.53. The third-order valence-electron chi connectivity index (χ3n) is 18.5. The number of benzene rings is 18. The Morgan fingerprint density at radius 1 is 0.196 bits per heavy atom. The molecule has 0 bridgehead atoms. The molecular weight excluding hydrogens is 1180 g/mol. The van der Waals surface area contributed by atoms with E-state index in [2.05, 4.69) is 313 Å². The molecule has 18 aromatic carbocycles. The fourth-order valence-corrected chi connectivity index (χ4v) is 14.5. The van der Waals surface area contributed by atoms with Gasteiger partial charge in [0.05, 0.1) is 0 Å². The molecule has 4 heteroatoms. The molecule has 0 spiro atoms. The highest BCUT2D eigenvalue weighted by atomic mass is 79.9. The SMILES string of the molecule is Brc1ccc(-c2ccc3c(ccc4ccccc43)c2)cc1.OB(O)c1c2ccccc2c(-c2cccc3ccccc23)c2ccccc12.c1ccc2c(-c3c4ccccc4c(-c4ccc(-c5ccc6c(ccc7ccccc76)c5)cc4)c4ccccc34)cccc2c1. The van der Waals surface area contributed by atoms with E-state index in [4.69, 9.17) is 0 Å². The third kappa shape index (κ3) is 10.2. The first-order valence-corrected chi connectivity index (χ1v) is 32.1. The second kappa shape index (κ2) is 24.1. The molecule has 0 unspecified atom stereocenters. The topological polar surface area (TPSA) is 40.5 Å². The molecule has 0 heterocycles. The Hall–Kier alpha value is -11.0. The van der Waals surface area contributed by atoms with Crippen LogP contribution < -0.4 is 5.46 Å². The fourth-order valence-electron chi connectivity index (χ4n) is 14.2. The molecule has 0 aliphatic heterocycles. The first-order valence-electron chi connectivity index (χ1n) is 31.3. The van der Waals surface area contributed by atoms with E-state index in [1.54, 1.807) is 0 Å². The molecule has 0 saturated heterocycles. The van der Waals surface area contributed by atoms with Crippen LogP contribution in [0.25, 0.3) is 163 Å². The van der Waals surface area contributed by atoms with E-state index in [1.165, 1.54) is 131 Å². The monoisotopic (exact) mass is 1240 g/mol. The summed E-state index contributed by atoms with van der Waals surface area (Å²) in [6.45, 7) is 0. The van der Waals surface area contributed by atoms with Crippen molar-refractivity contribution in [1.29, 1.82) is 0 Å². The van der Waals surface area contributed by atoms with Gasteiger partial charge in [0.1, 0.15) is 0 Å². The van der Waals surface area contributed by atoms with Gasteiger partial charge in [0.2, 0.25) is 0 Å². The molecule has 0 fully saturated rings. The predicted molar refractivity (Wildman–Crippen MR) is 399 cm³/mol. The molecule has 2 N–H and O–H groups in total. The van der Waals surface area contributed by atoms with Crippen molar-refractivity contribution in [3.63, 3.8) is 0 Å². The van der Waals surface area contributed by atoms with Crippen molar-refractivity contribution in [1.82, 2.24) is 0 Å². The summed E-state index contributed by atoms with van der Waals surface area (Å²) in [5.74, 6) is 0. The van der Waals surface area contributed by atoms with Gasteiger partial charge >= 0.3 is 7.12 Å². The predicted octanol–water partition coefficient (Wildman–Crippen LogP) is 23.4. The summed E-state index contributed by atoms with van der Waals surface area (Å²) < 4.78 is 1.11. The lowest BCUT2D eigenvalue weighted by Crippen LogP contribution is -2.31. The van der Waals surface area contributed by atoms with Gasteiger partial charge in [0.15, 0.2) is 0 Å². The average molecular weight is 1240 g/mol. The summed E-state index contributed by atoms with van der Waals surface area (Å²) in [6, 6.07) is 121. The molecule has 0 aliphatic rings. The van der Waals surface area contributed by atoms with Crippen LogP contribution in [0.2, 0.25) is 0 Å². The highest BCUT2D eigenvalue weighted by Crippen LogP contribution is 2.46. The maximum absolute atomic E-state index is 10.1. The second-order valence-corrected chi connectivity index (χ2v) is 24.6. The van der Waals surface area contributed by atoms with E-state index in [0.717, 1.165) is 37.1 Å². The van der Waals surface area contributed by atoms with Crippen LogP contribution in [0, 0.1) is 0 Å². The second-order valence-electron chi connectivity index (χ2n) is 23.7. The molecule has 0 radical (unpaired) electrons. The normalized spacial score (nSPS) is 11.4. The van der Waals surface area contributed by atoms with E-state index in [1.807, 2.05) is 42.5 Å². The maximum Gasteiger partial charge on any atom is 0.489 e. The molecular formula is C88H58BBrO2. The summed E-state index contributed by atoms with van der Waals surface area (Å²) in [6.07, 6.45) is 0. The van der Waals surface area contributed by atoms with Crippen molar-refractivity contribution in [2.24, 2.45) is 0 Å². The van der Waals surface area contributed by atoms with Crippen LogP contribution in [0.1, 0.15) is 0 Å². The van der Waals surface area contributed by atoms with E-state index in [0.29, 0.717) is 5.46 Å². The number of hydrogen-bond donors (Lipinski definition) is 2. The van der Waals surface area contributed by atoms with Crippen LogP contribution >= 0.6 is 15.9 Å². The van der Waals surface area contributed by atoms with Crippen molar-refractivity contribution in [2.45, 2.75) is 0 Å². The summed E-state index contributed by atoms with van der Waals surface area (Å²) in [5.41, 5.74) is 12.9. The van der Waals surface area contributed by atoms with Crippen LogP contribution in [0.5, 0.6) is 0 Å². The minimum absolute atomic E-state index is 0.560. The number of halogens is 1. The van der Waals surface area contributed by atoms with E-state index in [-0.39, 0.29) is 0 Å². The first-order chi connectivity index (χ1) is 45.4. The molecule has 92 heavy (non-hydrogen) atoms. The zero-order valence-corrected chi connectivity index (χ0v) is 51.8. The lowest BCUT2D eigenvalue weighted by Gasteiger charge is -2.19. The van der Waals surface area contributed by atoms with Gasteiger partial charge in [0, 0.05) is 4.47 Å². The highest BCUT2D eigenvalue weighted by molar-refractivity contribution is 9.10. The smallest absolute Gasteiger partial charge is 0.423 e. The van der Waals surface area contributed by atoms with Crippen molar-refractivity contribution >= 4 is 136 Å². The molecule has 0 amide bonds. The lowest BCUT2D eigenvalue weighted by atomic mass is 9.72. The average Bonchev–Trinajstić information content (AvgIpc) is 0.790. The highest BCUT2D eigenvalue weighted by Gasteiger charge is 2.23. The molecule has 2 nitrogen and oxygen atoms in total. The van der Waals surface area contributed by atoms with Crippen molar-refractivity contribution in [3.05, 3.63) is 344 Å². The van der Waals surface area contributed by atoms with E-state index >= 15 is 0 Å². The van der Waals surface area contributed by atoms with Crippen LogP contribution in [0.3, 0.4) is 0 Å². The summed E-state index contributed by atoms with van der Waals surface area (Å²) in [4.78, 5) is 0. The third-order valence-corrected chi connectivity index (χ3v) is 19.0. The molecule has 18 aromatic rings. The Bertz CT molecular complexity index is 5750. The van der Waals surface area contributed by atoms with Gasteiger partial charge in [-0.1, -0.05) is 331 Å². The Kier molecular flexibility index (Phi) is 14.7. The number of rotatable bonds is 6. The maximum atomic E-state index is 10.1. The zero-order chi connectivity index (χ0) is 61.7. The molecule has 432 valence electrons. The molecule has 0 saturated carbocycles. The fraction of sp³-hybridized carbons (Fsp3) is 0. The van der Waals surface area contributed by atoms with E-state index < -0.39 is 7.12 Å². The van der Waals surface area contributed by atoms with E-state index in [9.17, 15) is 10.0 Å². The van der Waals surface area contributed by atoms with Crippen molar-refractivity contribution in [3.8, 4) is 55.6 Å². The Labute approximate surface area is 542 Å². The summed E-state index contributed by atoms with van der Waals surface area (Å²) >= 11 is 3.48. The Morgan fingerprint density at radius 3 is 0.870 bits per heavy atom. The van der Waals surface area contributed by atoms with Gasteiger partial charge < -0.3 is 10.0 Å². The zero-order valence-electron chi connectivity index (χ0n) is 50.2. The van der Waals surface area contributed by atoms with Gasteiger partial charge in [-0.3, -0.25) is 0 Å². The van der Waals surface area contributed by atoms with Crippen LogP contribution in [-0.2, 0) is 0 Å². The molecule has 18 rings (SSSR count). The Morgan fingerprint density at radius 2 is 0.467 bits per heavy atom. The molecule has 0 aliphatic carbocycles. The van der Waals surface area contributed by atoms with Crippen LogP contribution in [0.4, 0.5) is 0 Å². The Balaban J connectivity index is 0.000000119. The number of fused-ring (bicyclic) bond motifs is 12. The number of hydrogen-bond acceptors (Lipinski definition) is 2. The summed E-state index contributed by atoms with van der Waals surface area (Å²) in [7, 11) is -1.53. The van der Waals surface area contributed by atoms with Crippen molar-refractivity contribution < 1.29 is 10.0 Å². The van der Waals surface area contributed by atoms with Gasteiger partial charge in [-0.15, -0.1) is 0 Å². The van der Waals surface area contributed by atoms with Gasteiger partial charge in [-0.25, -0.2) is 0 Å². The molecule has 0 atom stereocenters. The molecule has 0 aromatic heterocycles. The van der Waals surface area contributed by atoms with Crippen LogP contribution in [-0.4, -0.2) is 17.2 Å². The van der Waals surface area contributed by atoms with Gasteiger partial charge in [0.25, 0.3) is 0 Å². The standard InChI is InChI=1S/C44H28.C24H17BO2.C20H13Br/c1-4-14-36-30(10-1)12-9-19-38(36)44-41-17-7-5-15-39(41)43(40-16-6-8-18-42(40)44)32-23-20-29(21-24-32)33-26-27-37-34(28-33)25-22-31-11-2-3-13-35(31)37;26-25(27)24-21-13-5-3-11-19(21)23(20-12-4-6-14-22(20)24)18-15-7-9-16-8-1-2-10-17(16)18;21-18-10-7-14(8-11-18)16-9-12-20-17(13-16)6-5-15-3-1-2-4-19(15)20/h1-28H;1-15,26-27H;1-13H. The van der Waals surface area contributed by atoms with Gasteiger partial charge in [-0.2, -0.15) is 0 Å². The quantitative estimate of drug-likeness (QED) is 0.0990. The van der Waals surface area contributed by atoms with Crippen LogP contribution in [0.15, 0.2) is 344 Å².